The van der Waals surface area contributed by atoms with Gasteiger partial charge in [-0.2, -0.15) is 0 Å². The average molecular weight is 168 g/mol. The fourth-order valence-corrected chi connectivity index (χ4v) is 0.732. The van der Waals surface area contributed by atoms with E-state index in [0.717, 1.165) is 12.1 Å². The van der Waals surface area contributed by atoms with Crippen LogP contribution in [0.1, 0.15) is 13.8 Å². The highest BCUT2D eigenvalue weighted by Gasteiger charge is 1.82. The van der Waals surface area contributed by atoms with Crippen molar-refractivity contribution in [2.45, 2.75) is 13.8 Å². The van der Waals surface area contributed by atoms with E-state index in [0.29, 0.717) is 5.92 Å². The van der Waals surface area contributed by atoms with E-state index in [1.54, 1.807) is 12.2 Å². The van der Waals surface area contributed by atoms with E-state index in [1.165, 1.54) is 0 Å². The first-order chi connectivity index (χ1) is 5.27. The normalized spacial score (nSPS) is 9.73. The summed E-state index contributed by atoms with van der Waals surface area (Å²) >= 11 is 1.13. The Labute approximate surface area is 72.1 Å². The van der Waals surface area contributed by atoms with Crippen molar-refractivity contribution in [3.63, 3.8) is 0 Å². The van der Waals surface area contributed by atoms with E-state index < -0.39 is 0 Å². The van der Waals surface area contributed by atoms with Gasteiger partial charge in [0.2, 0.25) is 0 Å². The number of hydrogen-bond acceptors (Lipinski definition) is 3. The zero-order valence-corrected chi connectivity index (χ0v) is 7.64. The standard InChI is InChI=1S/C8H12N2S/c1-4-5-6-9-11-10-7-8(2)3/h4-5,7-8H,1H2,2-3H3. The maximum atomic E-state index is 3.95. The van der Waals surface area contributed by atoms with E-state index in [4.69, 9.17) is 0 Å². The second-order valence-electron chi connectivity index (χ2n) is 2.20. The molecule has 0 aliphatic rings. The first-order valence-corrected chi connectivity index (χ1v) is 4.10. The first kappa shape index (κ1) is 10.2. The Morgan fingerprint density at radius 3 is 2.82 bits per heavy atom. The van der Waals surface area contributed by atoms with Crippen molar-refractivity contribution in [3.8, 4) is 0 Å². The van der Waals surface area contributed by atoms with Crippen molar-refractivity contribution in [3.05, 3.63) is 18.7 Å². The Hall–Kier alpha value is -0.790. The number of rotatable bonds is 4. The molecule has 2 nitrogen and oxygen atoms in total. The van der Waals surface area contributed by atoms with E-state index in [-0.39, 0.29) is 0 Å². The number of hydrogen-bond donors (Lipinski definition) is 0. The van der Waals surface area contributed by atoms with Crippen LogP contribution >= 0.6 is 12.1 Å². The Morgan fingerprint density at radius 1 is 1.55 bits per heavy atom. The molecule has 0 saturated carbocycles. The minimum Gasteiger partial charge on any atom is -0.205 e. The molecule has 0 aromatic carbocycles. The molecule has 0 aliphatic carbocycles. The van der Waals surface area contributed by atoms with Gasteiger partial charge in [0.1, 0.15) is 12.1 Å². The molecule has 0 radical (unpaired) electrons. The van der Waals surface area contributed by atoms with Gasteiger partial charge in [0, 0.05) is 6.21 Å². The molecule has 0 saturated heterocycles. The lowest BCUT2D eigenvalue weighted by Crippen LogP contribution is -1.83. The topological polar surface area (TPSA) is 24.7 Å². The molecule has 0 unspecified atom stereocenters. The lowest BCUT2D eigenvalue weighted by atomic mass is 10.3. The zero-order chi connectivity index (χ0) is 8.53. The third kappa shape index (κ3) is 9.21. The van der Waals surface area contributed by atoms with Crippen LogP contribution in [0.4, 0.5) is 0 Å². The van der Waals surface area contributed by atoms with Crippen LogP contribution in [0.25, 0.3) is 0 Å². The Kier molecular flexibility index (Phi) is 6.79. The molecular weight excluding hydrogens is 156 g/mol. The van der Waals surface area contributed by atoms with Gasteiger partial charge in [0.25, 0.3) is 0 Å². The Bertz CT molecular complexity index is 188. The molecule has 0 bridgehead atoms. The van der Waals surface area contributed by atoms with Crippen molar-refractivity contribution in [1.29, 1.82) is 0 Å². The minimum atomic E-state index is 0.473. The summed E-state index contributed by atoms with van der Waals surface area (Å²) in [4.78, 5) is 0. The van der Waals surface area contributed by atoms with E-state index in [2.05, 4.69) is 35.1 Å². The van der Waals surface area contributed by atoms with Crippen molar-refractivity contribution < 1.29 is 0 Å². The number of nitrogens with zero attached hydrogens (tertiary/aromatic N) is 2. The van der Waals surface area contributed by atoms with Gasteiger partial charge in [-0.1, -0.05) is 26.5 Å². The van der Waals surface area contributed by atoms with Crippen molar-refractivity contribution in [2.75, 3.05) is 0 Å². The van der Waals surface area contributed by atoms with Crippen LogP contribution in [0.5, 0.6) is 0 Å². The monoisotopic (exact) mass is 168 g/mol. The van der Waals surface area contributed by atoms with Gasteiger partial charge >= 0.3 is 0 Å². The van der Waals surface area contributed by atoms with Gasteiger partial charge in [0.05, 0.1) is 0 Å². The summed E-state index contributed by atoms with van der Waals surface area (Å²) in [6.45, 7) is 7.61. The third-order valence-corrected chi connectivity index (χ3v) is 1.10. The molecule has 0 aromatic heterocycles. The highest BCUT2D eigenvalue weighted by atomic mass is 32.2. The van der Waals surface area contributed by atoms with Gasteiger partial charge in [-0.25, -0.2) is 4.40 Å². The fourth-order valence-electron chi connectivity index (χ4n) is 0.279. The second kappa shape index (κ2) is 7.32. The summed E-state index contributed by atoms with van der Waals surface area (Å²) in [5, 5.41) is 0. The summed E-state index contributed by atoms with van der Waals surface area (Å²) in [7, 11) is 0. The molecule has 0 atom stereocenters. The molecule has 0 spiro atoms. The van der Waals surface area contributed by atoms with Gasteiger partial charge < -0.3 is 0 Å². The molecule has 3 heteroatoms. The van der Waals surface area contributed by atoms with Gasteiger partial charge in [-0.15, -0.1) is 4.40 Å². The largest absolute Gasteiger partial charge is 0.205 e. The first-order valence-electron chi connectivity index (χ1n) is 3.37. The van der Waals surface area contributed by atoms with E-state index in [9.17, 15) is 0 Å². The van der Waals surface area contributed by atoms with E-state index in [1.807, 2.05) is 6.21 Å². The summed E-state index contributed by atoms with van der Waals surface area (Å²) in [5.74, 6) is 3.11. The maximum Gasteiger partial charge on any atom is 0.123 e. The van der Waals surface area contributed by atoms with Crippen LogP contribution in [0.2, 0.25) is 0 Å². The van der Waals surface area contributed by atoms with Crippen LogP contribution in [0.15, 0.2) is 27.5 Å². The van der Waals surface area contributed by atoms with Crippen molar-refractivity contribution in [2.24, 2.45) is 14.7 Å². The predicted octanol–water partition coefficient (Wildman–Crippen LogP) is 2.69. The third-order valence-electron chi connectivity index (χ3n) is 0.692. The predicted molar refractivity (Wildman–Crippen MR) is 53.1 cm³/mol. The molecule has 11 heavy (non-hydrogen) atoms. The smallest absolute Gasteiger partial charge is 0.123 e. The molecule has 0 N–H and O–H groups in total. The fraction of sp³-hybridized carbons (Fsp3) is 0.375. The molecule has 60 valence electrons. The zero-order valence-electron chi connectivity index (χ0n) is 6.82. The van der Waals surface area contributed by atoms with Gasteiger partial charge in [-0.05, 0) is 17.9 Å². The molecule has 0 amide bonds. The van der Waals surface area contributed by atoms with Crippen LogP contribution in [0, 0.1) is 5.92 Å². The van der Waals surface area contributed by atoms with Gasteiger partial charge in [-0.3, -0.25) is 0 Å². The molecule has 0 heterocycles. The van der Waals surface area contributed by atoms with Crippen LogP contribution < -0.4 is 0 Å². The molecule has 0 aliphatic heterocycles. The van der Waals surface area contributed by atoms with Crippen LogP contribution in [0.3, 0.4) is 0 Å². The van der Waals surface area contributed by atoms with Crippen molar-refractivity contribution in [1.82, 2.24) is 0 Å². The van der Waals surface area contributed by atoms with Gasteiger partial charge in [0.15, 0.2) is 0 Å². The number of allylic oxidation sites excluding steroid dienone is 2. The molecular formula is C8H12N2S. The molecule has 0 rings (SSSR count). The summed E-state index contributed by atoms with van der Waals surface area (Å²) < 4.78 is 7.73. The Morgan fingerprint density at radius 2 is 2.27 bits per heavy atom. The SMILES string of the molecule is C=CC=C=NSN=CC(C)C. The molecule has 0 aromatic rings. The molecule has 0 fully saturated rings. The highest BCUT2D eigenvalue weighted by Crippen LogP contribution is 2.01. The average Bonchev–Trinajstić information content (AvgIpc) is 1.96. The summed E-state index contributed by atoms with van der Waals surface area (Å²) in [6.07, 6.45) is 5.10. The lowest BCUT2D eigenvalue weighted by molar-refractivity contribution is 0.910. The maximum absolute atomic E-state index is 3.95. The minimum absolute atomic E-state index is 0.473. The lowest BCUT2D eigenvalue weighted by Gasteiger charge is -1.87. The van der Waals surface area contributed by atoms with Crippen LogP contribution in [-0.2, 0) is 0 Å². The van der Waals surface area contributed by atoms with E-state index >= 15 is 0 Å². The summed E-state index contributed by atoms with van der Waals surface area (Å²) in [5.41, 5.74) is 0. The van der Waals surface area contributed by atoms with Crippen LogP contribution in [-0.4, -0.2) is 12.1 Å². The highest BCUT2D eigenvalue weighted by molar-refractivity contribution is 7.96. The van der Waals surface area contributed by atoms with Crippen molar-refractivity contribution >= 4 is 24.2 Å². The Balaban J connectivity index is 3.56. The summed E-state index contributed by atoms with van der Waals surface area (Å²) in [6, 6.07) is 0. The second-order valence-corrected chi connectivity index (χ2v) is 2.76. The quantitative estimate of drug-likeness (QED) is 0.360.